The first-order valence-electron chi connectivity index (χ1n) is 8.98. The van der Waals surface area contributed by atoms with Crippen LogP contribution in [0.25, 0.3) is 5.69 Å². The third-order valence-electron chi connectivity index (χ3n) is 4.39. The van der Waals surface area contributed by atoms with E-state index < -0.39 is 29.3 Å². The van der Waals surface area contributed by atoms with Crippen molar-refractivity contribution in [2.45, 2.75) is 13.0 Å². The molecule has 0 saturated heterocycles. The first-order chi connectivity index (χ1) is 14.4. The van der Waals surface area contributed by atoms with Crippen LogP contribution in [0.4, 0.5) is 13.2 Å². The molecule has 0 aliphatic heterocycles. The Morgan fingerprint density at radius 2 is 1.83 bits per heavy atom. The molecule has 0 aliphatic carbocycles. The van der Waals surface area contributed by atoms with Crippen molar-refractivity contribution in [3.05, 3.63) is 83.4 Å². The van der Waals surface area contributed by atoms with E-state index in [9.17, 15) is 22.8 Å². The molecule has 0 radical (unpaired) electrons. The minimum absolute atomic E-state index is 0.0185. The quantitative estimate of drug-likeness (QED) is 0.552. The van der Waals surface area contributed by atoms with Crippen molar-refractivity contribution in [2.75, 3.05) is 13.7 Å². The SMILES string of the molecule is COC(=O)CCN(Cc1ccc(F)c(F)c1)C(=O)c1cnn(-c2ccccc2F)c1. The number of aromatic nitrogens is 2. The van der Waals surface area contributed by atoms with E-state index in [-0.39, 0.29) is 30.8 Å². The van der Waals surface area contributed by atoms with Crippen LogP contribution in [0.1, 0.15) is 22.3 Å². The second-order valence-corrected chi connectivity index (χ2v) is 6.43. The summed E-state index contributed by atoms with van der Waals surface area (Å²) in [6.07, 6.45) is 2.54. The van der Waals surface area contributed by atoms with E-state index >= 15 is 0 Å². The van der Waals surface area contributed by atoms with E-state index in [1.165, 1.54) is 53.4 Å². The van der Waals surface area contributed by atoms with Gasteiger partial charge in [-0.3, -0.25) is 9.59 Å². The lowest BCUT2D eigenvalue weighted by Crippen LogP contribution is -2.32. The molecule has 0 aliphatic rings. The fraction of sp³-hybridized carbons (Fsp3) is 0.190. The number of methoxy groups -OCH3 is 1. The Kier molecular flexibility index (Phi) is 6.51. The fourth-order valence-corrected chi connectivity index (χ4v) is 2.82. The van der Waals surface area contributed by atoms with Crippen molar-refractivity contribution in [1.82, 2.24) is 14.7 Å². The second-order valence-electron chi connectivity index (χ2n) is 6.43. The van der Waals surface area contributed by atoms with Crippen molar-refractivity contribution < 1.29 is 27.5 Å². The number of hydrogen-bond donors (Lipinski definition) is 0. The van der Waals surface area contributed by atoms with Crippen LogP contribution >= 0.6 is 0 Å². The number of carbonyl (C=O) groups excluding carboxylic acids is 2. The third-order valence-corrected chi connectivity index (χ3v) is 4.39. The van der Waals surface area contributed by atoms with Gasteiger partial charge in [-0.25, -0.2) is 17.9 Å². The first-order valence-corrected chi connectivity index (χ1v) is 8.98. The Hall–Kier alpha value is -3.62. The molecule has 0 spiro atoms. The number of hydrogen-bond acceptors (Lipinski definition) is 4. The largest absolute Gasteiger partial charge is 0.469 e. The predicted octanol–water partition coefficient (Wildman–Crippen LogP) is 3.50. The van der Waals surface area contributed by atoms with E-state index in [4.69, 9.17) is 0 Å². The number of para-hydroxylation sites is 1. The average Bonchev–Trinajstić information content (AvgIpc) is 3.23. The molecule has 1 heterocycles. The molecule has 1 amide bonds. The van der Waals surface area contributed by atoms with Gasteiger partial charge in [0.1, 0.15) is 11.5 Å². The summed E-state index contributed by atoms with van der Waals surface area (Å²) in [6, 6.07) is 9.23. The van der Waals surface area contributed by atoms with Gasteiger partial charge in [-0.15, -0.1) is 0 Å². The van der Waals surface area contributed by atoms with Crippen LogP contribution in [-0.4, -0.2) is 40.2 Å². The molecule has 0 saturated carbocycles. The molecule has 3 aromatic rings. The van der Waals surface area contributed by atoms with Gasteiger partial charge >= 0.3 is 5.97 Å². The van der Waals surface area contributed by atoms with Crippen LogP contribution in [0.3, 0.4) is 0 Å². The summed E-state index contributed by atoms with van der Waals surface area (Å²) in [7, 11) is 1.22. The number of esters is 1. The number of amides is 1. The van der Waals surface area contributed by atoms with Crippen LogP contribution in [0.15, 0.2) is 54.9 Å². The Bertz CT molecular complexity index is 1070. The number of rotatable bonds is 7. The Labute approximate surface area is 170 Å². The normalized spacial score (nSPS) is 10.7. The molecule has 6 nitrogen and oxygen atoms in total. The molecule has 1 aromatic heterocycles. The summed E-state index contributed by atoms with van der Waals surface area (Å²) in [4.78, 5) is 25.8. The summed E-state index contributed by atoms with van der Waals surface area (Å²) in [6.45, 7) is -0.0900. The summed E-state index contributed by atoms with van der Waals surface area (Å²) in [5.41, 5.74) is 0.651. The van der Waals surface area contributed by atoms with E-state index in [0.717, 1.165) is 12.1 Å². The first kappa shape index (κ1) is 21.1. The Morgan fingerprint density at radius 3 is 2.53 bits per heavy atom. The number of benzene rings is 2. The van der Waals surface area contributed by atoms with Crippen LogP contribution in [0, 0.1) is 17.5 Å². The van der Waals surface area contributed by atoms with Crippen molar-refractivity contribution in [3.8, 4) is 5.69 Å². The molecule has 3 rings (SSSR count). The second kappa shape index (κ2) is 9.25. The lowest BCUT2D eigenvalue weighted by atomic mass is 10.1. The highest BCUT2D eigenvalue weighted by molar-refractivity contribution is 5.94. The molecule has 0 fully saturated rings. The highest BCUT2D eigenvalue weighted by atomic mass is 19.2. The van der Waals surface area contributed by atoms with E-state index in [0.29, 0.717) is 5.56 Å². The number of halogens is 3. The topological polar surface area (TPSA) is 64.4 Å². The summed E-state index contributed by atoms with van der Waals surface area (Å²) in [5, 5.41) is 4.02. The maximum absolute atomic E-state index is 14.0. The summed E-state index contributed by atoms with van der Waals surface area (Å²) in [5.74, 6) is -3.59. The molecule has 30 heavy (non-hydrogen) atoms. The number of nitrogens with zero attached hydrogens (tertiary/aromatic N) is 3. The molecule has 156 valence electrons. The van der Waals surface area contributed by atoms with E-state index in [1.807, 2.05) is 0 Å². The average molecular weight is 417 g/mol. The zero-order chi connectivity index (χ0) is 21.7. The van der Waals surface area contributed by atoms with Gasteiger partial charge in [0, 0.05) is 19.3 Å². The van der Waals surface area contributed by atoms with Crippen molar-refractivity contribution in [2.24, 2.45) is 0 Å². The Morgan fingerprint density at radius 1 is 1.07 bits per heavy atom. The molecule has 0 unspecified atom stereocenters. The number of carbonyl (C=O) groups is 2. The molecule has 0 atom stereocenters. The summed E-state index contributed by atoms with van der Waals surface area (Å²) >= 11 is 0. The maximum atomic E-state index is 14.0. The van der Waals surface area contributed by atoms with E-state index in [2.05, 4.69) is 9.84 Å². The van der Waals surface area contributed by atoms with Crippen LogP contribution in [0.5, 0.6) is 0 Å². The van der Waals surface area contributed by atoms with Gasteiger partial charge < -0.3 is 9.64 Å². The highest BCUT2D eigenvalue weighted by Crippen LogP contribution is 2.16. The number of ether oxygens (including phenoxy) is 1. The molecule has 9 heteroatoms. The standard InChI is InChI=1S/C21H18F3N3O3/c1-30-20(28)8-9-26(12-14-6-7-16(22)18(24)10-14)21(29)15-11-25-27(13-15)19-5-3-2-4-17(19)23/h2-7,10-11,13H,8-9,12H2,1H3. The zero-order valence-corrected chi connectivity index (χ0v) is 16.0. The zero-order valence-electron chi connectivity index (χ0n) is 16.0. The monoisotopic (exact) mass is 417 g/mol. The third kappa shape index (κ3) is 4.86. The minimum Gasteiger partial charge on any atom is -0.469 e. The van der Waals surface area contributed by atoms with Gasteiger partial charge in [0.15, 0.2) is 11.6 Å². The molecule has 2 aromatic carbocycles. The van der Waals surface area contributed by atoms with Gasteiger partial charge in [0.05, 0.1) is 25.3 Å². The van der Waals surface area contributed by atoms with Crippen LogP contribution < -0.4 is 0 Å². The van der Waals surface area contributed by atoms with Gasteiger partial charge in [-0.05, 0) is 29.8 Å². The molecular weight excluding hydrogens is 399 g/mol. The smallest absolute Gasteiger partial charge is 0.307 e. The lowest BCUT2D eigenvalue weighted by Gasteiger charge is -2.22. The molecule has 0 N–H and O–H groups in total. The molecule has 0 bridgehead atoms. The predicted molar refractivity (Wildman–Crippen MR) is 101 cm³/mol. The Balaban J connectivity index is 1.85. The fourth-order valence-electron chi connectivity index (χ4n) is 2.82. The summed E-state index contributed by atoms with van der Waals surface area (Å²) < 4.78 is 46.5. The van der Waals surface area contributed by atoms with Gasteiger partial charge in [-0.2, -0.15) is 5.10 Å². The minimum atomic E-state index is -1.04. The van der Waals surface area contributed by atoms with Crippen LogP contribution in [0.2, 0.25) is 0 Å². The maximum Gasteiger partial charge on any atom is 0.307 e. The highest BCUT2D eigenvalue weighted by Gasteiger charge is 2.20. The van der Waals surface area contributed by atoms with Crippen molar-refractivity contribution in [3.63, 3.8) is 0 Å². The van der Waals surface area contributed by atoms with E-state index in [1.54, 1.807) is 6.07 Å². The van der Waals surface area contributed by atoms with Gasteiger partial charge in [0.25, 0.3) is 5.91 Å². The lowest BCUT2D eigenvalue weighted by molar-refractivity contribution is -0.140. The van der Waals surface area contributed by atoms with Gasteiger partial charge in [-0.1, -0.05) is 18.2 Å². The van der Waals surface area contributed by atoms with Crippen molar-refractivity contribution >= 4 is 11.9 Å². The van der Waals surface area contributed by atoms with Crippen molar-refractivity contribution in [1.29, 1.82) is 0 Å². The van der Waals surface area contributed by atoms with Gasteiger partial charge in [0.2, 0.25) is 0 Å². The van der Waals surface area contributed by atoms with Crippen LogP contribution in [-0.2, 0) is 16.1 Å². The molecular formula is C21H18F3N3O3.